The first-order chi connectivity index (χ1) is 10.6. The highest BCUT2D eigenvalue weighted by Gasteiger charge is 2.23. The van der Waals surface area contributed by atoms with Crippen molar-refractivity contribution in [1.29, 1.82) is 0 Å². The molecule has 1 aliphatic rings. The summed E-state index contributed by atoms with van der Waals surface area (Å²) in [5, 5.41) is 3.09. The van der Waals surface area contributed by atoms with E-state index in [4.69, 9.17) is 5.73 Å². The van der Waals surface area contributed by atoms with E-state index in [1.165, 1.54) is 12.1 Å². The summed E-state index contributed by atoms with van der Waals surface area (Å²) in [5.41, 5.74) is 6.53. The molecule has 1 unspecified atom stereocenters. The number of unbranched alkanes of at least 4 members (excludes halogenated alkanes) is 1. The first kappa shape index (κ1) is 19.9. The molecule has 2 rings (SSSR count). The second-order valence-corrected chi connectivity index (χ2v) is 5.71. The van der Waals surface area contributed by atoms with E-state index in [0.717, 1.165) is 44.6 Å². The van der Waals surface area contributed by atoms with Crippen molar-refractivity contribution in [1.82, 2.24) is 5.32 Å². The van der Waals surface area contributed by atoms with Gasteiger partial charge in [0, 0.05) is 37.9 Å². The summed E-state index contributed by atoms with van der Waals surface area (Å²) in [6.45, 7) is 5.24. The fraction of sp³-hybridized carbons (Fsp3) is 0.562. The van der Waals surface area contributed by atoms with Crippen LogP contribution in [0.4, 0.5) is 14.5 Å². The topological polar surface area (TPSA) is 53.6 Å². The van der Waals surface area contributed by atoms with Crippen LogP contribution in [-0.2, 0) is 0 Å². The number of rotatable bonds is 6. The zero-order valence-electron chi connectivity index (χ0n) is 13.4. The van der Waals surface area contributed by atoms with E-state index >= 15 is 0 Å². The summed E-state index contributed by atoms with van der Waals surface area (Å²) in [4.78, 5) is 6.42. The molecule has 130 valence electrons. The van der Waals surface area contributed by atoms with E-state index < -0.39 is 11.6 Å². The zero-order valence-corrected chi connectivity index (χ0v) is 15.7. The summed E-state index contributed by atoms with van der Waals surface area (Å²) in [6.07, 6.45) is 3.17. The van der Waals surface area contributed by atoms with Gasteiger partial charge in [0.05, 0.1) is 0 Å². The third kappa shape index (κ3) is 6.12. The maximum absolute atomic E-state index is 13.3. The van der Waals surface area contributed by atoms with Crippen molar-refractivity contribution in [2.45, 2.75) is 26.2 Å². The number of hydrogen-bond acceptors (Lipinski definition) is 2. The van der Waals surface area contributed by atoms with Gasteiger partial charge in [-0.15, -0.1) is 24.0 Å². The van der Waals surface area contributed by atoms with E-state index in [2.05, 4.69) is 22.1 Å². The molecule has 3 N–H and O–H groups in total. The van der Waals surface area contributed by atoms with Gasteiger partial charge in [-0.2, -0.15) is 0 Å². The predicted octanol–water partition coefficient (Wildman–Crippen LogP) is 3.11. The largest absolute Gasteiger partial charge is 0.371 e. The highest BCUT2D eigenvalue weighted by atomic mass is 127. The third-order valence-corrected chi connectivity index (χ3v) is 3.91. The molecule has 0 aliphatic carbocycles. The first-order valence-corrected chi connectivity index (χ1v) is 7.84. The molecule has 7 heteroatoms. The molecule has 0 saturated carbocycles. The Bertz CT molecular complexity index is 525. The van der Waals surface area contributed by atoms with Gasteiger partial charge in [0.25, 0.3) is 0 Å². The monoisotopic (exact) mass is 438 g/mol. The van der Waals surface area contributed by atoms with Crippen molar-refractivity contribution in [2.24, 2.45) is 16.6 Å². The van der Waals surface area contributed by atoms with Crippen LogP contribution in [0.5, 0.6) is 0 Å². The van der Waals surface area contributed by atoms with E-state index in [1.807, 2.05) is 0 Å². The predicted molar refractivity (Wildman–Crippen MR) is 101 cm³/mol. The lowest BCUT2D eigenvalue weighted by Gasteiger charge is -2.18. The highest BCUT2D eigenvalue weighted by molar-refractivity contribution is 14.0. The molecule has 1 aliphatic heterocycles. The molecule has 4 nitrogen and oxygen atoms in total. The maximum Gasteiger partial charge on any atom is 0.188 e. The molecule has 1 fully saturated rings. The SMILES string of the molecule is CCCCNC(N)=NCC1CCN(c2ccc(F)c(F)c2)C1.I. The Morgan fingerprint density at radius 3 is 2.87 bits per heavy atom. The van der Waals surface area contributed by atoms with Crippen LogP contribution in [0.2, 0.25) is 0 Å². The van der Waals surface area contributed by atoms with Crippen molar-refractivity contribution in [3.63, 3.8) is 0 Å². The molecule has 0 bridgehead atoms. The van der Waals surface area contributed by atoms with Crippen molar-refractivity contribution in [2.75, 3.05) is 31.1 Å². The molecule has 1 saturated heterocycles. The quantitative estimate of drug-likeness (QED) is 0.311. The van der Waals surface area contributed by atoms with Gasteiger partial charge in [0.15, 0.2) is 17.6 Å². The molecule has 0 radical (unpaired) electrons. The van der Waals surface area contributed by atoms with Crippen LogP contribution in [0.15, 0.2) is 23.2 Å². The minimum absolute atomic E-state index is 0. The number of halogens is 3. The Balaban J connectivity index is 0.00000264. The Morgan fingerprint density at radius 1 is 1.39 bits per heavy atom. The number of nitrogens with two attached hydrogens (primary N) is 1. The lowest BCUT2D eigenvalue weighted by Crippen LogP contribution is -2.33. The van der Waals surface area contributed by atoms with Gasteiger partial charge in [-0.3, -0.25) is 4.99 Å². The van der Waals surface area contributed by atoms with Gasteiger partial charge in [-0.1, -0.05) is 13.3 Å². The van der Waals surface area contributed by atoms with Crippen molar-refractivity contribution < 1.29 is 8.78 Å². The Morgan fingerprint density at radius 2 is 2.17 bits per heavy atom. The maximum atomic E-state index is 13.3. The Kier molecular flexibility index (Phi) is 8.57. The first-order valence-electron chi connectivity index (χ1n) is 7.84. The summed E-state index contributed by atoms with van der Waals surface area (Å²) in [6, 6.07) is 4.04. The number of anilines is 1. The van der Waals surface area contributed by atoms with Crippen LogP contribution >= 0.6 is 24.0 Å². The molecule has 0 amide bonds. The normalized spacial score (nSPS) is 18.0. The van der Waals surface area contributed by atoms with Gasteiger partial charge < -0.3 is 16.0 Å². The number of aliphatic imine (C=N–C) groups is 1. The number of hydrogen-bond donors (Lipinski definition) is 2. The molecule has 1 aromatic carbocycles. The summed E-state index contributed by atoms with van der Waals surface area (Å²) >= 11 is 0. The fourth-order valence-corrected chi connectivity index (χ4v) is 2.57. The third-order valence-electron chi connectivity index (χ3n) is 3.91. The molecule has 0 spiro atoms. The van der Waals surface area contributed by atoms with E-state index in [9.17, 15) is 8.78 Å². The average molecular weight is 438 g/mol. The molecule has 1 aromatic rings. The number of nitrogens with zero attached hydrogens (tertiary/aromatic N) is 2. The second-order valence-electron chi connectivity index (χ2n) is 5.71. The standard InChI is InChI=1S/C16H24F2N4.HI/c1-2-3-7-20-16(19)21-10-12-6-8-22(11-12)13-4-5-14(17)15(18)9-13;/h4-5,9,12H,2-3,6-8,10-11H2,1H3,(H3,19,20,21);1H. The molecule has 0 aromatic heterocycles. The minimum atomic E-state index is -0.810. The van der Waals surface area contributed by atoms with Crippen LogP contribution in [-0.4, -0.2) is 32.1 Å². The number of guanidine groups is 1. The minimum Gasteiger partial charge on any atom is -0.371 e. The van der Waals surface area contributed by atoms with E-state index in [0.29, 0.717) is 18.4 Å². The zero-order chi connectivity index (χ0) is 15.9. The highest BCUT2D eigenvalue weighted by Crippen LogP contribution is 2.25. The van der Waals surface area contributed by atoms with Crippen LogP contribution in [0, 0.1) is 17.6 Å². The molecular weight excluding hydrogens is 413 g/mol. The van der Waals surface area contributed by atoms with Crippen LogP contribution < -0.4 is 16.0 Å². The van der Waals surface area contributed by atoms with Gasteiger partial charge in [-0.05, 0) is 30.9 Å². The van der Waals surface area contributed by atoms with Gasteiger partial charge in [0.1, 0.15) is 0 Å². The summed E-state index contributed by atoms with van der Waals surface area (Å²) in [7, 11) is 0. The lowest BCUT2D eigenvalue weighted by molar-refractivity contribution is 0.508. The van der Waals surface area contributed by atoms with E-state index in [-0.39, 0.29) is 24.0 Å². The molecular formula is C16H25F2IN4. The average Bonchev–Trinajstić information content (AvgIpc) is 2.97. The number of benzene rings is 1. The van der Waals surface area contributed by atoms with Crippen molar-refractivity contribution in [3.05, 3.63) is 29.8 Å². The molecule has 1 atom stereocenters. The van der Waals surface area contributed by atoms with E-state index in [1.54, 1.807) is 6.07 Å². The van der Waals surface area contributed by atoms with Gasteiger partial charge >= 0.3 is 0 Å². The van der Waals surface area contributed by atoms with Gasteiger partial charge in [-0.25, -0.2) is 8.78 Å². The molecule has 1 heterocycles. The smallest absolute Gasteiger partial charge is 0.188 e. The Hall–Kier alpha value is -1.12. The van der Waals surface area contributed by atoms with Gasteiger partial charge in [0.2, 0.25) is 0 Å². The fourth-order valence-electron chi connectivity index (χ4n) is 2.57. The van der Waals surface area contributed by atoms with Crippen molar-refractivity contribution in [3.8, 4) is 0 Å². The van der Waals surface area contributed by atoms with Crippen LogP contribution in [0.25, 0.3) is 0 Å². The van der Waals surface area contributed by atoms with Crippen LogP contribution in [0.3, 0.4) is 0 Å². The second kappa shape index (κ2) is 9.89. The van der Waals surface area contributed by atoms with Crippen LogP contribution in [0.1, 0.15) is 26.2 Å². The van der Waals surface area contributed by atoms with Crippen molar-refractivity contribution >= 4 is 35.6 Å². The Labute approximate surface area is 153 Å². The summed E-state index contributed by atoms with van der Waals surface area (Å²) < 4.78 is 26.3. The molecule has 23 heavy (non-hydrogen) atoms. The summed E-state index contributed by atoms with van der Waals surface area (Å²) in [5.74, 6) is -0.738. The lowest BCUT2D eigenvalue weighted by atomic mass is 10.1. The number of nitrogens with one attached hydrogen (secondary N) is 1.